The summed E-state index contributed by atoms with van der Waals surface area (Å²) in [6, 6.07) is 25.6. The molecule has 0 saturated carbocycles. The average Bonchev–Trinajstić information content (AvgIpc) is 3.24. The molecule has 5 nitrogen and oxygen atoms in total. The monoisotopic (exact) mass is 487 g/mol. The first-order valence-corrected chi connectivity index (χ1v) is 12.4. The van der Waals surface area contributed by atoms with E-state index in [-0.39, 0.29) is 12.5 Å². The molecule has 0 aliphatic heterocycles. The van der Waals surface area contributed by atoms with Gasteiger partial charge in [0.25, 0.3) is 5.91 Å². The van der Waals surface area contributed by atoms with E-state index in [0.29, 0.717) is 17.3 Å². The number of amides is 1. The number of allylic oxidation sites excluding steroid dienone is 1. The lowest BCUT2D eigenvalue weighted by Crippen LogP contribution is -2.29. The molecular weight excluding hydrogens is 458 g/mol. The molecule has 0 unspecified atom stereocenters. The average molecular weight is 488 g/mol. The van der Waals surface area contributed by atoms with Crippen LogP contribution in [0.4, 0.5) is 0 Å². The Balaban J connectivity index is 1.21. The highest BCUT2D eigenvalue weighted by Gasteiger charge is 2.09. The number of halogens is 1. The van der Waals surface area contributed by atoms with Gasteiger partial charge in [0.05, 0.1) is 11.0 Å². The fraction of sp³-hybridized carbons (Fsp3) is 0.241. The third-order valence-electron chi connectivity index (χ3n) is 5.71. The van der Waals surface area contributed by atoms with Gasteiger partial charge in [-0.15, -0.1) is 0 Å². The Hall–Kier alpha value is -3.57. The molecule has 0 fully saturated rings. The van der Waals surface area contributed by atoms with Crippen molar-refractivity contribution in [1.29, 1.82) is 0 Å². The number of imidazole rings is 1. The third-order valence-corrected chi connectivity index (χ3v) is 5.97. The molecule has 0 saturated heterocycles. The Morgan fingerprint density at radius 1 is 0.943 bits per heavy atom. The predicted molar refractivity (Wildman–Crippen MR) is 143 cm³/mol. The van der Waals surface area contributed by atoms with Crippen LogP contribution < -0.4 is 10.1 Å². The van der Waals surface area contributed by atoms with Crippen molar-refractivity contribution in [3.63, 3.8) is 0 Å². The van der Waals surface area contributed by atoms with Crippen LogP contribution in [0.2, 0.25) is 5.02 Å². The fourth-order valence-electron chi connectivity index (χ4n) is 3.92. The van der Waals surface area contributed by atoms with Gasteiger partial charge in [-0.25, -0.2) is 4.98 Å². The van der Waals surface area contributed by atoms with Gasteiger partial charge in [0.15, 0.2) is 6.61 Å². The highest BCUT2D eigenvalue weighted by molar-refractivity contribution is 6.30. The van der Waals surface area contributed by atoms with E-state index in [4.69, 9.17) is 21.3 Å². The van der Waals surface area contributed by atoms with Gasteiger partial charge in [0.1, 0.15) is 11.6 Å². The molecule has 6 heteroatoms. The summed E-state index contributed by atoms with van der Waals surface area (Å²) >= 11 is 5.86. The number of carbonyl (C=O) groups excluding carboxylic acids is 1. The molecule has 1 N–H and O–H groups in total. The van der Waals surface area contributed by atoms with Crippen LogP contribution in [-0.2, 0) is 17.8 Å². The number of hydrogen-bond acceptors (Lipinski definition) is 3. The molecule has 1 aromatic heterocycles. The van der Waals surface area contributed by atoms with Crippen LogP contribution in [-0.4, -0.2) is 28.6 Å². The summed E-state index contributed by atoms with van der Waals surface area (Å²) in [5.41, 5.74) is 3.39. The van der Waals surface area contributed by atoms with Gasteiger partial charge in [-0.3, -0.25) is 4.79 Å². The summed E-state index contributed by atoms with van der Waals surface area (Å²) in [4.78, 5) is 16.9. The van der Waals surface area contributed by atoms with Crippen LogP contribution in [0.1, 0.15) is 30.7 Å². The molecule has 4 aromatic rings. The van der Waals surface area contributed by atoms with Crippen molar-refractivity contribution in [1.82, 2.24) is 14.9 Å². The summed E-state index contributed by atoms with van der Waals surface area (Å²) in [6.45, 7) is 1.43. The Bertz CT molecular complexity index is 1250. The minimum absolute atomic E-state index is 0.00214. The molecule has 0 aliphatic carbocycles. The zero-order chi connectivity index (χ0) is 24.3. The number of aryl methyl sites for hydroxylation is 1. The van der Waals surface area contributed by atoms with Gasteiger partial charge < -0.3 is 14.6 Å². The van der Waals surface area contributed by atoms with E-state index in [9.17, 15) is 4.79 Å². The number of ether oxygens (including phenoxy) is 1. The van der Waals surface area contributed by atoms with Crippen LogP contribution in [0.3, 0.4) is 0 Å². The molecule has 0 bridgehead atoms. The number of nitrogens with zero attached hydrogens (tertiary/aromatic N) is 2. The zero-order valence-electron chi connectivity index (χ0n) is 19.7. The fourth-order valence-corrected chi connectivity index (χ4v) is 4.05. The molecule has 0 spiro atoms. The number of nitrogens with one attached hydrogen (secondary N) is 1. The van der Waals surface area contributed by atoms with Crippen molar-refractivity contribution in [2.24, 2.45) is 0 Å². The maximum Gasteiger partial charge on any atom is 0.257 e. The van der Waals surface area contributed by atoms with Gasteiger partial charge in [0.2, 0.25) is 0 Å². The molecule has 0 aliphatic rings. The standard InChI is InChI=1S/C29H30ClN3O2/c30-24-16-18-25(19-17-24)35-22-29(34)31-20-8-2-5-15-28-32-26-13-6-7-14-27(26)33(28)21-9-12-23-10-3-1-4-11-23/h1,3-4,6-7,9-14,16-19H,2,5,8,15,20-22H2,(H,31,34)/b12-9+. The highest BCUT2D eigenvalue weighted by atomic mass is 35.5. The van der Waals surface area contributed by atoms with Crippen LogP contribution in [0, 0.1) is 0 Å². The summed E-state index contributed by atoms with van der Waals surface area (Å²) in [5.74, 6) is 1.61. The number of hydrogen-bond donors (Lipinski definition) is 1. The van der Waals surface area contributed by atoms with Crippen molar-refractivity contribution in [2.45, 2.75) is 32.2 Å². The number of fused-ring (bicyclic) bond motifs is 1. The third kappa shape index (κ3) is 7.46. The van der Waals surface area contributed by atoms with Crippen molar-refractivity contribution in [3.05, 3.63) is 101 Å². The topological polar surface area (TPSA) is 56.1 Å². The molecule has 1 heterocycles. The van der Waals surface area contributed by atoms with Gasteiger partial charge in [0, 0.05) is 24.5 Å². The van der Waals surface area contributed by atoms with E-state index in [2.05, 4.69) is 52.4 Å². The molecule has 35 heavy (non-hydrogen) atoms. The number of benzene rings is 3. The number of unbranched alkanes of at least 4 members (excludes halogenated alkanes) is 2. The van der Waals surface area contributed by atoms with Crippen LogP contribution in [0.5, 0.6) is 5.75 Å². The molecule has 4 rings (SSSR count). The Morgan fingerprint density at radius 3 is 2.54 bits per heavy atom. The normalized spacial score (nSPS) is 11.2. The molecule has 3 aromatic carbocycles. The second kappa shape index (κ2) is 12.8. The highest BCUT2D eigenvalue weighted by Crippen LogP contribution is 2.18. The van der Waals surface area contributed by atoms with E-state index in [1.807, 2.05) is 24.3 Å². The first kappa shape index (κ1) is 24.6. The van der Waals surface area contributed by atoms with E-state index in [1.165, 1.54) is 5.56 Å². The maximum absolute atomic E-state index is 12.0. The Kier molecular flexibility index (Phi) is 8.96. The van der Waals surface area contributed by atoms with Gasteiger partial charge in [-0.1, -0.05) is 72.6 Å². The molecule has 180 valence electrons. The van der Waals surface area contributed by atoms with Gasteiger partial charge in [-0.05, 0) is 54.8 Å². The number of rotatable bonds is 12. The number of aromatic nitrogens is 2. The molecular formula is C29H30ClN3O2. The quantitative estimate of drug-likeness (QED) is 0.238. The van der Waals surface area contributed by atoms with E-state index in [1.54, 1.807) is 24.3 Å². The summed E-state index contributed by atoms with van der Waals surface area (Å²) < 4.78 is 7.77. The van der Waals surface area contributed by atoms with Crippen LogP contribution >= 0.6 is 11.6 Å². The van der Waals surface area contributed by atoms with Crippen molar-refractivity contribution in [2.75, 3.05) is 13.2 Å². The SMILES string of the molecule is O=C(COc1ccc(Cl)cc1)NCCCCCc1nc2ccccc2n1C/C=C/c1ccccc1. The maximum atomic E-state index is 12.0. The molecule has 0 radical (unpaired) electrons. The Labute approximate surface area is 211 Å². The van der Waals surface area contributed by atoms with E-state index < -0.39 is 0 Å². The lowest BCUT2D eigenvalue weighted by Gasteiger charge is -2.08. The second-order valence-corrected chi connectivity index (χ2v) is 8.78. The van der Waals surface area contributed by atoms with Gasteiger partial charge >= 0.3 is 0 Å². The summed E-state index contributed by atoms with van der Waals surface area (Å²) in [7, 11) is 0. The Morgan fingerprint density at radius 2 is 1.71 bits per heavy atom. The lowest BCUT2D eigenvalue weighted by molar-refractivity contribution is -0.123. The van der Waals surface area contributed by atoms with Crippen molar-refractivity contribution >= 4 is 34.6 Å². The van der Waals surface area contributed by atoms with E-state index >= 15 is 0 Å². The largest absolute Gasteiger partial charge is 0.484 e. The van der Waals surface area contributed by atoms with Crippen LogP contribution in [0.25, 0.3) is 17.1 Å². The number of carbonyl (C=O) groups is 1. The molecule has 0 atom stereocenters. The van der Waals surface area contributed by atoms with Crippen molar-refractivity contribution in [3.8, 4) is 5.75 Å². The first-order chi connectivity index (χ1) is 17.2. The summed E-state index contributed by atoms with van der Waals surface area (Å²) in [6.07, 6.45) is 8.19. The first-order valence-electron chi connectivity index (χ1n) is 12.0. The molecule has 1 amide bonds. The predicted octanol–water partition coefficient (Wildman–Crippen LogP) is 6.31. The second-order valence-electron chi connectivity index (χ2n) is 8.34. The minimum Gasteiger partial charge on any atom is -0.484 e. The van der Waals surface area contributed by atoms with Crippen LogP contribution in [0.15, 0.2) is 84.9 Å². The van der Waals surface area contributed by atoms with Crippen molar-refractivity contribution < 1.29 is 9.53 Å². The zero-order valence-corrected chi connectivity index (χ0v) is 20.5. The van der Waals surface area contributed by atoms with Gasteiger partial charge in [-0.2, -0.15) is 0 Å². The minimum atomic E-state index is -0.119. The summed E-state index contributed by atoms with van der Waals surface area (Å²) in [5, 5.41) is 3.56. The smallest absolute Gasteiger partial charge is 0.257 e. The lowest BCUT2D eigenvalue weighted by atomic mass is 10.2. The number of para-hydroxylation sites is 2. The van der Waals surface area contributed by atoms with E-state index in [0.717, 1.165) is 49.1 Å².